The van der Waals surface area contributed by atoms with Gasteiger partial charge in [0.2, 0.25) is 5.91 Å². The summed E-state index contributed by atoms with van der Waals surface area (Å²) in [6.07, 6.45) is 5.79. The number of amides is 1. The van der Waals surface area contributed by atoms with Gasteiger partial charge in [-0.15, -0.1) is 0 Å². The zero-order valence-corrected chi connectivity index (χ0v) is 7.88. The highest BCUT2D eigenvalue weighted by molar-refractivity contribution is 5.76. The van der Waals surface area contributed by atoms with E-state index in [1.165, 1.54) is 25.7 Å². The molecule has 3 nitrogen and oxygen atoms in total. The summed E-state index contributed by atoms with van der Waals surface area (Å²) >= 11 is 0. The molecular formula is C10H16N2O. The number of rotatable bonds is 4. The molecule has 1 saturated carbocycles. The second kappa shape index (κ2) is 5.58. The van der Waals surface area contributed by atoms with Crippen LogP contribution in [0.4, 0.5) is 0 Å². The smallest absolute Gasteiger partial charge is 0.221 e. The number of nitriles is 1. The molecule has 0 aromatic rings. The fourth-order valence-electron chi connectivity index (χ4n) is 1.73. The summed E-state index contributed by atoms with van der Waals surface area (Å²) in [6.45, 7) is 0.810. The molecule has 0 aromatic heterocycles. The molecule has 1 fully saturated rings. The molecule has 13 heavy (non-hydrogen) atoms. The SMILES string of the molecule is N#CCCC(=O)NCC1CCCC1. The monoisotopic (exact) mass is 180 g/mol. The van der Waals surface area contributed by atoms with Crippen LogP contribution in [0.15, 0.2) is 0 Å². The summed E-state index contributed by atoms with van der Waals surface area (Å²) in [5, 5.41) is 11.1. The third kappa shape index (κ3) is 3.93. The molecule has 0 bridgehead atoms. The van der Waals surface area contributed by atoms with Gasteiger partial charge in [0.05, 0.1) is 6.07 Å². The molecule has 1 rings (SSSR count). The molecule has 0 aliphatic heterocycles. The summed E-state index contributed by atoms with van der Waals surface area (Å²) in [5.41, 5.74) is 0. The summed E-state index contributed by atoms with van der Waals surface area (Å²) in [7, 11) is 0. The van der Waals surface area contributed by atoms with Crippen LogP contribution in [0.1, 0.15) is 38.5 Å². The van der Waals surface area contributed by atoms with Crippen molar-refractivity contribution in [3.05, 3.63) is 0 Å². The van der Waals surface area contributed by atoms with Crippen LogP contribution in [-0.4, -0.2) is 12.5 Å². The first-order valence-corrected chi connectivity index (χ1v) is 4.96. The van der Waals surface area contributed by atoms with Gasteiger partial charge in [-0.3, -0.25) is 4.79 Å². The Kier molecular flexibility index (Phi) is 4.31. The Hall–Kier alpha value is -1.04. The number of hydrogen-bond acceptors (Lipinski definition) is 2. The zero-order chi connectivity index (χ0) is 9.52. The third-order valence-electron chi connectivity index (χ3n) is 2.53. The lowest BCUT2D eigenvalue weighted by molar-refractivity contribution is -0.121. The van der Waals surface area contributed by atoms with Crippen molar-refractivity contribution in [3.8, 4) is 6.07 Å². The van der Waals surface area contributed by atoms with E-state index in [9.17, 15) is 4.79 Å². The van der Waals surface area contributed by atoms with Gasteiger partial charge in [-0.05, 0) is 18.8 Å². The van der Waals surface area contributed by atoms with E-state index in [1.54, 1.807) is 0 Å². The van der Waals surface area contributed by atoms with E-state index in [2.05, 4.69) is 5.32 Å². The largest absolute Gasteiger partial charge is 0.356 e. The van der Waals surface area contributed by atoms with Gasteiger partial charge in [0.1, 0.15) is 0 Å². The Morgan fingerprint density at radius 1 is 1.46 bits per heavy atom. The molecule has 0 atom stereocenters. The Labute approximate surface area is 79.1 Å². The Balaban J connectivity index is 2.04. The highest BCUT2D eigenvalue weighted by Crippen LogP contribution is 2.23. The first-order valence-electron chi connectivity index (χ1n) is 4.96. The van der Waals surface area contributed by atoms with Crippen LogP contribution in [0.3, 0.4) is 0 Å². The average Bonchev–Trinajstić information content (AvgIpc) is 2.64. The minimum atomic E-state index is 0.0217. The van der Waals surface area contributed by atoms with Crippen LogP contribution in [0.5, 0.6) is 0 Å². The molecular weight excluding hydrogens is 164 g/mol. The molecule has 1 aliphatic carbocycles. The molecule has 0 radical (unpaired) electrons. The van der Waals surface area contributed by atoms with Gasteiger partial charge in [0, 0.05) is 19.4 Å². The van der Waals surface area contributed by atoms with Crippen LogP contribution in [0.2, 0.25) is 0 Å². The maximum Gasteiger partial charge on any atom is 0.221 e. The van der Waals surface area contributed by atoms with Crippen molar-refractivity contribution >= 4 is 5.91 Å². The van der Waals surface area contributed by atoms with Gasteiger partial charge >= 0.3 is 0 Å². The van der Waals surface area contributed by atoms with E-state index < -0.39 is 0 Å². The van der Waals surface area contributed by atoms with Crippen molar-refractivity contribution in [2.75, 3.05) is 6.54 Å². The lowest BCUT2D eigenvalue weighted by atomic mass is 10.1. The van der Waals surface area contributed by atoms with Crippen molar-refractivity contribution in [2.24, 2.45) is 5.92 Å². The van der Waals surface area contributed by atoms with Crippen molar-refractivity contribution in [1.29, 1.82) is 5.26 Å². The first kappa shape index (κ1) is 10.0. The van der Waals surface area contributed by atoms with Crippen LogP contribution in [0.25, 0.3) is 0 Å². The molecule has 72 valence electrons. The molecule has 3 heteroatoms. The first-order chi connectivity index (χ1) is 6.33. The van der Waals surface area contributed by atoms with Gasteiger partial charge in [-0.25, -0.2) is 0 Å². The number of nitrogens with one attached hydrogen (secondary N) is 1. The molecule has 1 N–H and O–H groups in total. The maximum atomic E-state index is 11.1. The van der Waals surface area contributed by atoms with Crippen LogP contribution in [0, 0.1) is 17.2 Å². The number of carbonyl (C=O) groups excluding carboxylic acids is 1. The average molecular weight is 180 g/mol. The van der Waals surface area contributed by atoms with Crippen LogP contribution < -0.4 is 5.32 Å². The summed E-state index contributed by atoms with van der Waals surface area (Å²) < 4.78 is 0. The van der Waals surface area contributed by atoms with Crippen molar-refractivity contribution in [3.63, 3.8) is 0 Å². The second-order valence-electron chi connectivity index (χ2n) is 3.61. The van der Waals surface area contributed by atoms with E-state index in [1.807, 2.05) is 6.07 Å². The third-order valence-corrected chi connectivity index (χ3v) is 2.53. The molecule has 0 unspecified atom stereocenters. The minimum Gasteiger partial charge on any atom is -0.356 e. The van der Waals surface area contributed by atoms with Gasteiger partial charge in [-0.2, -0.15) is 5.26 Å². The van der Waals surface area contributed by atoms with E-state index >= 15 is 0 Å². The van der Waals surface area contributed by atoms with Gasteiger partial charge in [0.25, 0.3) is 0 Å². The second-order valence-corrected chi connectivity index (χ2v) is 3.61. The quantitative estimate of drug-likeness (QED) is 0.714. The van der Waals surface area contributed by atoms with E-state index in [0.29, 0.717) is 18.8 Å². The van der Waals surface area contributed by atoms with E-state index in [4.69, 9.17) is 5.26 Å². The fraction of sp³-hybridized carbons (Fsp3) is 0.800. The molecule has 0 spiro atoms. The fourth-order valence-corrected chi connectivity index (χ4v) is 1.73. The highest BCUT2D eigenvalue weighted by atomic mass is 16.1. The molecule has 0 aromatic carbocycles. The van der Waals surface area contributed by atoms with Crippen LogP contribution in [-0.2, 0) is 4.79 Å². The van der Waals surface area contributed by atoms with Crippen molar-refractivity contribution in [2.45, 2.75) is 38.5 Å². The highest BCUT2D eigenvalue weighted by Gasteiger charge is 2.15. The molecule has 0 saturated heterocycles. The number of carbonyl (C=O) groups is 1. The Morgan fingerprint density at radius 3 is 2.77 bits per heavy atom. The number of nitrogens with zero attached hydrogens (tertiary/aromatic N) is 1. The predicted octanol–water partition coefficient (Wildman–Crippen LogP) is 1.60. The minimum absolute atomic E-state index is 0.0217. The predicted molar refractivity (Wildman–Crippen MR) is 49.8 cm³/mol. The van der Waals surface area contributed by atoms with E-state index in [0.717, 1.165) is 6.54 Å². The van der Waals surface area contributed by atoms with Gasteiger partial charge in [-0.1, -0.05) is 12.8 Å². The van der Waals surface area contributed by atoms with E-state index in [-0.39, 0.29) is 5.91 Å². The zero-order valence-electron chi connectivity index (χ0n) is 7.88. The summed E-state index contributed by atoms with van der Waals surface area (Å²) in [5.74, 6) is 0.708. The number of hydrogen-bond donors (Lipinski definition) is 1. The Morgan fingerprint density at radius 2 is 2.15 bits per heavy atom. The topological polar surface area (TPSA) is 52.9 Å². The standard InChI is InChI=1S/C10H16N2O/c11-7-3-6-10(13)12-8-9-4-1-2-5-9/h9H,1-6,8H2,(H,12,13). The lowest BCUT2D eigenvalue weighted by Gasteiger charge is -2.09. The van der Waals surface area contributed by atoms with Crippen LogP contribution >= 0.6 is 0 Å². The van der Waals surface area contributed by atoms with Gasteiger partial charge < -0.3 is 5.32 Å². The molecule has 1 amide bonds. The summed E-state index contributed by atoms with van der Waals surface area (Å²) in [6, 6.07) is 1.97. The molecule has 1 aliphatic rings. The van der Waals surface area contributed by atoms with Crippen molar-refractivity contribution < 1.29 is 4.79 Å². The lowest BCUT2D eigenvalue weighted by Crippen LogP contribution is -2.27. The van der Waals surface area contributed by atoms with Crippen molar-refractivity contribution in [1.82, 2.24) is 5.32 Å². The normalized spacial score (nSPS) is 16.8. The van der Waals surface area contributed by atoms with Gasteiger partial charge in [0.15, 0.2) is 0 Å². The maximum absolute atomic E-state index is 11.1. The molecule has 0 heterocycles. The Bertz CT molecular complexity index is 201. The summed E-state index contributed by atoms with van der Waals surface area (Å²) in [4.78, 5) is 11.1.